The Balaban J connectivity index is 1.69. The molecule has 1 heterocycles. The van der Waals surface area contributed by atoms with Crippen LogP contribution in [0.4, 0.5) is 4.79 Å². The molecule has 2 rings (SSSR count). The summed E-state index contributed by atoms with van der Waals surface area (Å²) in [5.74, 6) is 0.127. The zero-order valence-corrected chi connectivity index (χ0v) is 15.4. The Morgan fingerprint density at radius 3 is 2.52 bits per heavy atom. The summed E-state index contributed by atoms with van der Waals surface area (Å²) in [6.45, 7) is 2.29. The van der Waals surface area contributed by atoms with Gasteiger partial charge in [0.15, 0.2) is 0 Å². The van der Waals surface area contributed by atoms with Crippen LogP contribution in [0.1, 0.15) is 11.3 Å². The van der Waals surface area contributed by atoms with E-state index >= 15 is 0 Å². The first-order chi connectivity index (χ1) is 13.0. The standard InChI is InChI=1S/C19H23N3O5/c1-14-10-16(26-2)11-18(24)22(14)9-8-20-17(23)12-21-19(25)27-13-15-6-4-3-5-7-15/h3-7,10-11H,8-9,12-13H2,1-2H3,(H,20,23)(H,21,25). The molecule has 2 N–H and O–H groups in total. The number of rotatable bonds is 8. The van der Waals surface area contributed by atoms with E-state index in [1.165, 1.54) is 17.7 Å². The fourth-order valence-electron chi connectivity index (χ4n) is 2.40. The molecule has 0 aliphatic heterocycles. The van der Waals surface area contributed by atoms with Gasteiger partial charge >= 0.3 is 6.09 Å². The molecule has 0 bridgehead atoms. The third-order valence-electron chi connectivity index (χ3n) is 3.81. The summed E-state index contributed by atoms with van der Waals surface area (Å²) in [6.07, 6.45) is -0.670. The Hall–Kier alpha value is -3.29. The van der Waals surface area contributed by atoms with Crippen molar-refractivity contribution in [2.24, 2.45) is 0 Å². The van der Waals surface area contributed by atoms with Crippen LogP contribution in [-0.4, -0.2) is 36.8 Å². The van der Waals surface area contributed by atoms with E-state index in [1.807, 2.05) is 30.3 Å². The number of nitrogens with one attached hydrogen (secondary N) is 2. The lowest BCUT2D eigenvalue weighted by atomic mass is 10.2. The fourth-order valence-corrected chi connectivity index (χ4v) is 2.40. The first-order valence-corrected chi connectivity index (χ1v) is 8.46. The number of hydrogen-bond donors (Lipinski definition) is 2. The normalized spacial score (nSPS) is 10.1. The van der Waals surface area contributed by atoms with Gasteiger partial charge in [0.05, 0.1) is 13.7 Å². The van der Waals surface area contributed by atoms with E-state index in [1.54, 1.807) is 13.0 Å². The Bertz CT molecular complexity index is 833. The van der Waals surface area contributed by atoms with Gasteiger partial charge in [0.1, 0.15) is 12.4 Å². The van der Waals surface area contributed by atoms with Crippen LogP contribution < -0.4 is 20.9 Å². The lowest BCUT2D eigenvalue weighted by Crippen LogP contribution is -2.39. The topological polar surface area (TPSA) is 98.7 Å². The smallest absolute Gasteiger partial charge is 0.407 e. The largest absolute Gasteiger partial charge is 0.496 e. The third kappa shape index (κ3) is 6.50. The SMILES string of the molecule is COc1cc(C)n(CCNC(=O)CNC(=O)OCc2ccccc2)c(=O)c1. The predicted octanol–water partition coefficient (Wildman–Crippen LogP) is 1.21. The second-order valence-electron chi connectivity index (χ2n) is 5.79. The van der Waals surface area contributed by atoms with Crippen LogP contribution in [0.2, 0.25) is 0 Å². The molecule has 0 fully saturated rings. The van der Waals surface area contributed by atoms with Crippen LogP contribution in [0.3, 0.4) is 0 Å². The van der Waals surface area contributed by atoms with Crippen LogP contribution in [0.15, 0.2) is 47.3 Å². The Morgan fingerprint density at radius 1 is 1.11 bits per heavy atom. The summed E-state index contributed by atoms with van der Waals surface area (Å²) in [7, 11) is 1.50. The van der Waals surface area contributed by atoms with Crippen LogP contribution in [0.5, 0.6) is 5.75 Å². The number of hydrogen-bond acceptors (Lipinski definition) is 5. The van der Waals surface area contributed by atoms with Gasteiger partial charge in [-0.15, -0.1) is 0 Å². The van der Waals surface area contributed by atoms with Crippen LogP contribution in [0, 0.1) is 6.92 Å². The average molecular weight is 373 g/mol. The number of benzene rings is 1. The molecule has 0 atom stereocenters. The zero-order valence-electron chi connectivity index (χ0n) is 15.4. The van der Waals surface area contributed by atoms with Gasteiger partial charge in [-0.25, -0.2) is 4.79 Å². The molecule has 0 aliphatic rings. The van der Waals surface area contributed by atoms with E-state index in [2.05, 4.69) is 10.6 Å². The molecule has 2 aromatic rings. The molecular formula is C19H23N3O5. The zero-order chi connectivity index (χ0) is 19.6. The molecule has 0 unspecified atom stereocenters. The van der Waals surface area contributed by atoms with Gasteiger partial charge in [0.25, 0.3) is 5.56 Å². The third-order valence-corrected chi connectivity index (χ3v) is 3.81. The van der Waals surface area contributed by atoms with Crippen molar-refractivity contribution in [2.45, 2.75) is 20.1 Å². The second kappa shape index (κ2) is 10.0. The van der Waals surface area contributed by atoms with Crippen LogP contribution >= 0.6 is 0 Å². The Morgan fingerprint density at radius 2 is 1.85 bits per heavy atom. The minimum absolute atomic E-state index is 0.133. The quantitative estimate of drug-likeness (QED) is 0.725. The van der Waals surface area contributed by atoms with Crippen molar-refractivity contribution in [1.29, 1.82) is 0 Å². The lowest BCUT2D eigenvalue weighted by molar-refractivity contribution is -0.120. The molecule has 0 saturated carbocycles. The van der Waals surface area contributed by atoms with Gasteiger partial charge in [0, 0.05) is 24.8 Å². The molecule has 1 aromatic carbocycles. The first-order valence-electron chi connectivity index (χ1n) is 8.46. The van der Waals surface area contributed by atoms with Gasteiger partial charge in [-0.05, 0) is 18.6 Å². The number of alkyl carbamates (subject to hydrolysis) is 1. The molecule has 0 spiro atoms. The molecule has 8 nitrogen and oxygen atoms in total. The lowest BCUT2D eigenvalue weighted by Gasteiger charge is -2.12. The summed E-state index contributed by atoms with van der Waals surface area (Å²) in [5, 5.41) is 5.02. The maximum absolute atomic E-state index is 12.0. The van der Waals surface area contributed by atoms with Crippen molar-refractivity contribution in [3.63, 3.8) is 0 Å². The fraction of sp³-hybridized carbons (Fsp3) is 0.316. The number of methoxy groups -OCH3 is 1. The molecule has 0 saturated heterocycles. The van der Waals surface area contributed by atoms with Gasteiger partial charge in [-0.1, -0.05) is 30.3 Å². The molecular weight excluding hydrogens is 350 g/mol. The molecule has 0 aliphatic carbocycles. The van der Waals surface area contributed by atoms with Crippen LogP contribution in [0.25, 0.3) is 0 Å². The highest BCUT2D eigenvalue weighted by molar-refractivity contribution is 5.82. The Labute approximate surface area is 157 Å². The number of aryl methyl sites for hydroxylation is 1. The molecule has 144 valence electrons. The van der Waals surface area contributed by atoms with Gasteiger partial charge in [0.2, 0.25) is 5.91 Å². The minimum Gasteiger partial charge on any atom is -0.496 e. The van der Waals surface area contributed by atoms with Crippen molar-refractivity contribution in [3.8, 4) is 5.75 Å². The summed E-state index contributed by atoms with van der Waals surface area (Å²) in [5.41, 5.74) is 1.39. The van der Waals surface area contributed by atoms with Gasteiger partial charge in [-0.3, -0.25) is 9.59 Å². The van der Waals surface area contributed by atoms with Gasteiger partial charge in [-0.2, -0.15) is 0 Å². The van der Waals surface area contributed by atoms with E-state index < -0.39 is 6.09 Å². The van der Waals surface area contributed by atoms with Crippen molar-refractivity contribution >= 4 is 12.0 Å². The number of carbonyl (C=O) groups excluding carboxylic acids is 2. The van der Waals surface area contributed by atoms with Crippen molar-refractivity contribution in [2.75, 3.05) is 20.2 Å². The van der Waals surface area contributed by atoms with Crippen molar-refractivity contribution < 1.29 is 19.1 Å². The van der Waals surface area contributed by atoms with E-state index in [4.69, 9.17) is 9.47 Å². The van der Waals surface area contributed by atoms with Crippen molar-refractivity contribution in [1.82, 2.24) is 15.2 Å². The number of carbonyl (C=O) groups is 2. The van der Waals surface area contributed by atoms with E-state index in [-0.39, 0.29) is 31.2 Å². The van der Waals surface area contributed by atoms with Gasteiger partial charge < -0.3 is 24.7 Å². The number of nitrogens with zero attached hydrogens (tertiary/aromatic N) is 1. The van der Waals surface area contributed by atoms with Crippen LogP contribution in [-0.2, 0) is 22.7 Å². The number of ether oxygens (including phenoxy) is 2. The van der Waals surface area contributed by atoms with E-state index in [9.17, 15) is 14.4 Å². The Kier molecular flexibility index (Phi) is 7.42. The van der Waals surface area contributed by atoms with Crippen molar-refractivity contribution in [3.05, 3.63) is 64.1 Å². The number of amides is 2. The summed E-state index contributed by atoms with van der Waals surface area (Å²) in [4.78, 5) is 35.4. The molecule has 2 amide bonds. The number of aromatic nitrogens is 1. The highest BCUT2D eigenvalue weighted by Gasteiger charge is 2.08. The maximum atomic E-state index is 12.0. The molecule has 27 heavy (non-hydrogen) atoms. The molecule has 8 heteroatoms. The highest BCUT2D eigenvalue weighted by Crippen LogP contribution is 2.08. The highest BCUT2D eigenvalue weighted by atomic mass is 16.5. The average Bonchev–Trinajstić information content (AvgIpc) is 2.67. The number of pyridine rings is 1. The summed E-state index contributed by atoms with van der Waals surface area (Å²) < 4.78 is 11.6. The molecule has 1 aromatic heterocycles. The maximum Gasteiger partial charge on any atom is 0.407 e. The first kappa shape index (κ1) is 20.0. The second-order valence-corrected chi connectivity index (χ2v) is 5.79. The van der Waals surface area contributed by atoms with E-state index in [0.717, 1.165) is 11.3 Å². The molecule has 0 radical (unpaired) electrons. The van der Waals surface area contributed by atoms with E-state index in [0.29, 0.717) is 12.3 Å². The summed E-state index contributed by atoms with van der Waals surface area (Å²) in [6, 6.07) is 12.4. The minimum atomic E-state index is -0.670. The monoisotopic (exact) mass is 373 g/mol. The summed E-state index contributed by atoms with van der Waals surface area (Å²) >= 11 is 0. The predicted molar refractivity (Wildman–Crippen MR) is 99.6 cm³/mol.